The molecule has 1 aromatic carbocycles. The summed E-state index contributed by atoms with van der Waals surface area (Å²) < 4.78 is 64.9. The van der Waals surface area contributed by atoms with Gasteiger partial charge in [-0.05, 0) is 34.1 Å². The van der Waals surface area contributed by atoms with E-state index in [1.165, 1.54) is 0 Å². The monoisotopic (exact) mass is 391 g/mol. The third kappa shape index (κ3) is 6.67. The van der Waals surface area contributed by atoms with Crippen molar-refractivity contribution in [1.82, 2.24) is 0 Å². The Morgan fingerprint density at radius 1 is 1.38 bits per heavy atom. The van der Waals surface area contributed by atoms with Crippen molar-refractivity contribution in [3.05, 3.63) is 22.7 Å². The van der Waals surface area contributed by atoms with Crippen molar-refractivity contribution in [2.75, 3.05) is 10.5 Å². The summed E-state index contributed by atoms with van der Waals surface area (Å²) in [5.41, 5.74) is -0.0261. The number of hydrogen-bond acceptors (Lipinski definition) is 4. The van der Waals surface area contributed by atoms with Crippen molar-refractivity contribution < 1.29 is 36.2 Å². The van der Waals surface area contributed by atoms with Crippen LogP contribution in [0.3, 0.4) is 0 Å². The van der Waals surface area contributed by atoms with E-state index in [4.69, 9.17) is 5.11 Å². The zero-order valence-corrected chi connectivity index (χ0v) is 12.5. The lowest BCUT2D eigenvalue weighted by Crippen LogP contribution is -2.19. The predicted octanol–water partition coefficient (Wildman–Crippen LogP) is 2.56. The average Bonchev–Trinajstić information content (AvgIpc) is 2.28. The summed E-state index contributed by atoms with van der Waals surface area (Å²) in [5.74, 6) is -2.47. The van der Waals surface area contributed by atoms with Crippen LogP contribution in [-0.2, 0) is 14.8 Å². The molecule has 118 valence electrons. The van der Waals surface area contributed by atoms with Crippen LogP contribution in [0.5, 0.6) is 5.75 Å². The Bertz CT molecular complexity index is 632. The Balaban J connectivity index is 2.82. The Morgan fingerprint density at radius 2 is 2.00 bits per heavy atom. The van der Waals surface area contributed by atoms with E-state index in [2.05, 4.69) is 20.7 Å². The molecule has 21 heavy (non-hydrogen) atoms. The average molecular weight is 392 g/mol. The molecule has 0 aromatic heterocycles. The number of aliphatic carboxylic acids is 1. The van der Waals surface area contributed by atoms with E-state index in [9.17, 15) is 26.4 Å². The molecule has 0 saturated heterocycles. The van der Waals surface area contributed by atoms with Crippen molar-refractivity contribution >= 4 is 37.6 Å². The minimum absolute atomic E-state index is 0.0261. The summed E-state index contributed by atoms with van der Waals surface area (Å²) in [4.78, 5) is 10.3. The standard InChI is InChI=1S/C10H9BrF3NO5S/c11-7-5-6(1-2-8(7)20-10(12,13)14)15-21(18,19)4-3-9(16)17/h1-2,5,15H,3-4H2,(H,16,17). The van der Waals surface area contributed by atoms with Crippen molar-refractivity contribution in [3.63, 3.8) is 0 Å². The molecular formula is C10H9BrF3NO5S. The maximum Gasteiger partial charge on any atom is 0.573 e. The smallest absolute Gasteiger partial charge is 0.481 e. The first-order valence-corrected chi connectivity index (χ1v) is 7.70. The summed E-state index contributed by atoms with van der Waals surface area (Å²) in [6.45, 7) is 0. The van der Waals surface area contributed by atoms with Gasteiger partial charge in [-0.2, -0.15) is 0 Å². The van der Waals surface area contributed by atoms with Gasteiger partial charge in [0.2, 0.25) is 10.0 Å². The topological polar surface area (TPSA) is 92.7 Å². The second-order valence-electron chi connectivity index (χ2n) is 3.76. The van der Waals surface area contributed by atoms with Crippen molar-refractivity contribution in [2.24, 2.45) is 0 Å². The SMILES string of the molecule is O=C(O)CCS(=O)(=O)Nc1ccc(OC(F)(F)F)c(Br)c1. The molecule has 2 N–H and O–H groups in total. The van der Waals surface area contributed by atoms with Crippen LogP contribution in [0.4, 0.5) is 18.9 Å². The molecule has 0 aliphatic heterocycles. The third-order valence-corrected chi connectivity index (χ3v) is 3.92. The number of carboxylic acid groups (broad SMARTS) is 1. The highest BCUT2D eigenvalue weighted by Crippen LogP contribution is 2.32. The van der Waals surface area contributed by atoms with E-state index < -0.39 is 40.3 Å². The molecule has 0 heterocycles. The van der Waals surface area contributed by atoms with Gasteiger partial charge in [-0.25, -0.2) is 8.42 Å². The van der Waals surface area contributed by atoms with Gasteiger partial charge < -0.3 is 9.84 Å². The van der Waals surface area contributed by atoms with E-state index in [1.54, 1.807) is 0 Å². The Hall–Kier alpha value is -1.49. The van der Waals surface area contributed by atoms with Crippen LogP contribution >= 0.6 is 15.9 Å². The molecule has 0 spiro atoms. The number of carboxylic acids is 1. The molecule has 1 rings (SSSR count). The number of halogens is 4. The Kier molecular flexibility index (Phi) is 5.45. The lowest BCUT2D eigenvalue weighted by Gasteiger charge is -2.12. The van der Waals surface area contributed by atoms with Gasteiger partial charge in [-0.15, -0.1) is 13.2 Å². The van der Waals surface area contributed by atoms with E-state index in [0.717, 1.165) is 18.2 Å². The molecule has 0 saturated carbocycles. The van der Waals surface area contributed by atoms with Crippen molar-refractivity contribution in [3.8, 4) is 5.75 Å². The highest BCUT2D eigenvalue weighted by atomic mass is 79.9. The fraction of sp³-hybridized carbons (Fsp3) is 0.300. The number of benzene rings is 1. The number of ether oxygens (including phenoxy) is 1. The minimum Gasteiger partial charge on any atom is -0.481 e. The summed E-state index contributed by atoms with van der Waals surface area (Å²) >= 11 is 2.82. The van der Waals surface area contributed by atoms with Gasteiger partial charge in [0, 0.05) is 5.69 Å². The molecule has 6 nitrogen and oxygen atoms in total. The number of alkyl halides is 3. The number of sulfonamides is 1. The normalized spacial score (nSPS) is 12.0. The van der Waals surface area contributed by atoms with Crippen LogP contribution in [0.2, 0.25) is 0 Å². The fourth-order valence-corrected chi connectivity index (χ4v) is 2.72. The predicted molar refractivity (Wildman–Crippen MR) is 70.5 cm³/mol. The Labute approximate surface area is 126 Å². The van der Waals surface area contributed by atoms with Crippen molar-refractivity contribution in [1.29, 1.82) is 0 Å². The van der Waals surface area contributed by atoms with E-state index in [0.29, 0.717) is 0 Å². The van der Waals surface area contributed by atoms with Gasteiger partial charge in [0.05, 0.1) is 16.6 Å². The maximum atomic E-state index is 12.1. The van der Waals surface area contributed by atoms with Crippen LogP contribution in [-0.4, -0.2) is 31.6 Å². The van der Waals surface area contributed by atoms with Gasteiger partial charge in [-0.3, -0.25) is 9.52 Å². The van der Waals surface area contributed by atoms with Gasteiger partial charge in [0.1, 0.15) is 5.75 Å². The summed E-state index contributed by atoms with van der Waals surface area (Å²) in [6, 6.07) is 3.05. The van der Waals surface area contributed by atoms with Crippen LogP contribution in [0, 0.1) is 0 Å². The van der Waals surface area contributed by atoms with Gasteiger partial charge >= 0.3 is 12.3 Å². The molecular weight excluding hydrogens is 383 g/mol. The van der Waals surface area contributed by atoms with Gasteiger partial charge in [-0.1, -0.05) is 0 Å². The maximum absolute atomic E-state index is 12.1. The van der Waals surface area contributed by atoms with Gasteiger partial charge in [0.15, 0.2) is 0 Å². The largest absolute Gasteiger partial charge is 0.573 e. The molecule has 0 amide bonds. The zero-order chi connectivity index (χ0) is 16.3. The first-order valence-electron chi connectivity index (χ1n) is 5.26. The first kappa shape index (κ1) is 17.6. The fourth-order valence-electron chi connectivity index (χ4n) is 1.22. The molecule has 0 aliphatic carbocycles. The zero-order valence-electron chi connectivity index (χ0n) is 10.1. The molecule has 0 radical (unpaired) electrons. The summed E-state index contributed by atoms with van der Waals surface area (Å²) in [5, 5.41) is 8.41. The van der Waals surface area contributed by atoms with Crippen LogP contribution in [0.1, 0.15) is 6.42 Å². The van der Waals surface area contributed by atoms with E-state index in [1.807, 2.05) is 4.72 Å². The highest BCUT2D eigenvalue weighted by molar-refractivity contribution is 9.10. The molecule has 11 heteroatoms. The van der Waals surface area contributed by atoms with Gasteiger partial charge in [0.25, 0.3) is 0 Å². The lowest BCUT2D eigenvalue weighted by molar-refractivity contribution is -0.274. The van der Waals surface area contributed by atoms with E-state index >= 15 is 0 Å². The Morgan fingerprint density at radius 3 is 2.48 bits per heavy atom. The van der Waals surface area contributed by atoms with Crippen molar-refractivity contribution in [2.45, 2.75) is 12.8 Å². The first-order chi connectivity index (χ1) is 9.48. The molecule has 1 aromatic rings. The summed E-state index contributed by atoms with van der Waals surface area (Å²) in [6.07, 6.45) is -5.46. The highest BCUT2D eigenvalue weighted by Gasteiger charge is 2.32. The molecule has 0 fully saturated rings. The molecule has 0 bridgehead atoms. The van der Waals surface area contributed by atoms with E-state index in [-0.39, 0.29) is 10.2 Å². The second-order valence-corrected chi connectivity index (χ2v) is 6.45. The quantitative estimate of drug-likeness (QED) is 0.777. The molecule has 0 aliphatic rings. The lowest BCUT2D eigenvalue weighted by atomic mass is 10.3. The molecule has 0 atom stereocenters. The minimum atomic E-state index is -4.87. The van der Waals surface area contributed by atoms with Crippen LogP contribution in [0.25, 0.3) is 0 Å². The second kappa shape index (κ2) is 6.52. The summed E-state index contributed by atoms with van der Waals surface area (Å²) in [7, 11) is -3.91. The number of hydrogen-bond donors (Lipinski definition) is 2. The molecule has 0 unspecified atom stereocenters. The third-order valence-electron chi connectivity index (χ3n) is 2.02. The number of carbonyl (C=O) groups is 1. The number of rotatable bonds is 6. The number of anilines is 1. The van der Waals surface area contributed by atoms with Crippen LogP contribution in [0.15, 0.2) is 22.7 Å². The van der Waals surface area contributed by atoms with Crippen LogP contribution < -0.4 is 9.46 Å². The number of nitrogens with one attached hydrogen (secondary N) is 1.